The highest BCUT2D eigenvalue weighted by molar-refractivity contribution is 8.37. The Balaban J connectivity index is 2.02. The third-order valence-electron chi connectivity index (χ3n) is 5.70. The topological polar surface area (TPSA) is 32.3 Å². The maximum Gasteiger partial charge on any atom is 0.140 e. The predicted molar refractivity (Wildman–Crippen MR) is 106 cm³/mol. The van der Waals surface area contributed by atoms with Crippen molar-refractivity contribution < 1.29 is 5.11 Å². The molecule has 3 heteroatoms. The zero-order chi connectivity index (χ0) is 17.2. The highest BCUT2D eigenvalue weighted by atomic mass is 32.3. The van der Waals surface area contributed by atoms with Gasteiger partial charge in [-0.15, -0.1) is 10.2 Å². The maximum absolute atomic E-state index is 11.9. The molecule has 2 unspecified atom stereocenters. The highest BCUT2D eigenvalue weighted by Gasteiger charge is 2.48. The van der Waals surface area contributed by atoms with Gasteiger partial charge in [0.05, 0.1) is 0 Å². The molecule has 24 heavy (non-hydrogen) atoms. The van der Waals surface area contributed by atoms with E-state index in [1.807, 2.05) is 25.2 Å². The number of hydrogen-bond donors (Lipinski definition) is 2. The van der Waals surface area contributed by atoms with Crippen LogP contribution in [0.25, 0.3) is 0 Å². The van der Waals surface area contributed by atoms with Crippen LogP contribution in [0.2, 0.25) is 0 Å². The summed E-state index contributed by atoms with van der Waals surface area (Å²) in [7, 11) is 0.369. The summed E-state index contributed by atoms with van der Waals surface area (Å²) < 4.78 is 3.54. The molecule has 2 N–H and O–H groups in total. The van der Waals surface area contributed by atoms with Crippen molar-refractivity contribution in [3.8, 4) is 0 Å². The van der Waals surface area contributed by atoms with E-state index in [4.69, 9.17) is 0 Å². The summed E-state index contributed by atoms with van der Waals surface area (Å²) in [6.07, 6.45) is 8.92. The summed E-state index contributed by atoms with van der Waals surface area (Å²) >= 11 is 0. The van der Waals surface area contributed by atoms with Gasteiger partial charge in [-0.1, -0.05) is 69.5 Å². The smallest absolute Gasteiger partial charge is 0.140 e. The van der Waals surface area contributed by atoms with E-state index in [0.29, 0.717) is 5.92 Å². The molecule has 2 aliphatic rings. The first-order chi connectivity index (χ1) is 11.5. The van der Waals surface area contributed by atoms with Crippen LogP contribution in [0.1, 0.15) is 51.5 Å². The van der Waals surface area contributed by atoms with E-state index in [1.54, 1.807) is 0 Å². The second-order valence-corrected chi connectivity index (χ2v) is 10.3. The predicted octanol–water partition coefficient (Wildman–Crippen LogP) is 5.42. The first kappa shape index (κ1) is 17.8. The van der Waals surface area contributed by atoms with Crippen molar-refractivity contribution in [2.75, 3.05) is 7.05 Å². The van der Waals surface area contributed by atoms with Crippen LogP contribution < -0.4 is 4.72 Å². The molecule has 0 spiro atoms. The molecule has 1 heterocycles. The summed E-state index contributed by atoms with van der Waals surface area (Å²) in [5, 5.41) is 16.6. The Bertz CT molecular complexity index is 618. The first-order valence-electron chi connectivity index (χ1n) is 9.22. The third-order valence-corrected chi connectivity index (χ3v) is 9.32. The molecular weight excluding hydrogens is 314 g/mol. The normalized spacial score (nSPS) is 30.0. The van der Waals surface area contributed by atoms with E-state index in [-0.39, 0.29) is 5.92 Å². The van der Waals surface area contributed by atoms with Crippen molar-refractivity contribution >= 4 is 10.2 Å². The molecule has 1 fully saturated rings. The molecule has 132 valence electrons. The number of rotatable bonds is 5. The third kappa shape index (κ3) is 2.87. The van der Waals surface area contributed by atoms with Crippen LogP contribution in [0.15, 0.2) is 52.8 Å². The monoisotopic (exact) mass is 345 g/mol. The second kappa shape index (κ2) is 7.07. The standard InChI is InChI=1S/C21H31NOS/c1-17(2)21(23,20-12-8-5-9-13-20)24(22-3)15-14-19(16-24)18-10-6-4-7-11-18/h5,8-9,12-18,22-23H,4,6-7,10-11H2,1-3H3. The Hall–Kier alpha value is -1.03. The summed E-state index contributed by atoms with van der Waals surface area (Å²) in [4.78, 5) is -0.893. The molecule has 1 aliphatic heterocycles. The number of aliphatic hydroxyl groups is 1. The molecule has 0 bridgehead atoms. The fraction of sp³-hybridized carbons (Fsp3) is 0.524. The molecule has 2 atom stereocenters. The molecule has 0 amide bonds. The van der Waals surface area contributed by atoms with Crippen LogP contribution in [-0.4, -0.2) is 12.2 Å². The number of allylic oxidation sites excluding steroid dienone is 2. The molecule has 1 saturated carbocycles. The first-order valence-corrected chi connectivity index (χ1v) is 11.0. The Morgan fingerprint density at radius 2 is 1.79 bits per heavy atom. The molecule has 0 aromatic heterocycles. The van der Waals surface area contributed by atoms with Gasteiger partial charge in [0.25, 0.3) is 0 Å². The van der Waals surface area contributed by atoms with Crippen LogP contribution in [0, 0.1) is 11.8 Å². The Labute approximate surface area is 148 Å². The van der Waals surface area contributed by atoms with Gasteiger partial charge in [-0.05, 0) is 53.7 Å². The Kier molecular flexibility index (Phi) is 5.24. The van der Waals surface area contributed by atoms with Crippen molar-refractivity contribution in [2.24, 2.45) is 11.8 Å². The van der Waals surface area contributed by atoms with Gasteiger partial charge in [0.15, 0.2) is 0 Å². The Morgan fingerprint density at radius 1 is 1.12 bits per heavy atom. The van der Waals surface area contributed by atoms with Gasteiger partial charge in [0, 0.05) is 0 Å². The summed E-state index contributed by atoms with van der Waals surface area (Å²) in [5.74, 6) is 0.791. The molecule has 1 aliphatic carbocycles. The zero-order valence-electron chi connectivity index (χ0n) is 15.2. The van der Waals surface area contributed by atoms with Crippen molar-refractivity contribution in [3.63, 3.8) is 0 Å². The van der Waals surface area contributed by atoms with Crippen LogP contribution >= 0.6 is 10.2 Å². The van der Waals surface area contributed by atoms with E-state index in [2.05, 4.69) is 47.6 Å². The quantitative estimate of drug-likeness (QED) is 0.747. The van der Waals surface area contributed by atoms with E-state index in [1.165, 1.54) is 37.7 Å². The van der Waals surface area contributed by atoms with Gasteiger partial charge in [0.2, 0.25) is 0 Å². The van der Waals surface area contributed by atoms with Crippen molar-refractivity contribution in [1.29, 1.82) is 0 Å². The van der Waals surface area contributed by atoms with Gasteiger partial charge in [-0.25, -0.2) is 0 Å². The molecule has 1 aromatic rings. The minimum atomic E-state index is -1.63. The largest absolute Gasteiger partial charge is 0.375 e. The summed E-state index contributed by atoms with van der Waals surface area (Å²) in [6.45, 7) is 4.25. The molecule has 1 aromatic carbocycles. The van der Waals surface area contributed by atoms with E-state index >= 15 is 0 Å². The summed E-state index contributed by atoms with van der Waals surface area (Å²) in [5.41, 5.74) is 2.45. The number of nitrogens with one attached hydrogen (secondary N) is 1. The van der Waals surface area contributed by atoms with Gasteiger partial charge in [-0.2, -0.15) is 0 Å². The van der Waals surface area contributed by atoms with E-state index in [0.717, 1.165) is 5.56 Å². The van der Waals surface area contributed by atoms with Crippen molar-refractivity contribution in [3.05, 3.63) is 58.4 Å². The van der Waals surface area contributed by atoms with E-state index in [9.17, 15) is 5.11 Å². The molecule has 0 radical (unpaired) electrons. The van der Waals surface area contributed by atoms with Gasteiger partial charge < -0.3 is 5.11 Å². The molecule has 3 rings (SSSR count). The zero-order valence-corrected chi connectivity index (χ0v) is 16.0. The lowest BCUT2D eigenvalue weighted by Gasteiger charge is -2.50. The maximum atomic E-state index is 11.9. The number of benzene rings is 1. The average Bonchev–Trinajstić information content (AvgIpc) is 3.08. The molecule has 0 saturated heterocycles. The van der Waals surface area contributed by atoms with Crippen molar-refractivity contribution in [2.45, 2.75) is 50.9 Å². The number of hydrogen-bond acceptors (Lipinski definition) is 2. The van der Waals surface area contributed by atoms with Crippen molar-refractivity contribution in [1.82, 2.24) is 4.72 Å². The van der Waals surface area contributed by atoms with Gasteiger partial charge >= 0.3 is 0 Å². The van der Waals surface area contributed by atoms with Crippen LogP contribution in [0.3, 0.4) is 0 Å². The van der Waals surface area contributed by atoms with Crippen LogP contribution in [0.4, 0.5) is 0 Å². The van der Waals surface area contributed by atoms with Gasteiger partial charge in [-0.3, -0.25) is 4.72 Å². The Morgan fingerprint density at radius 3 is 2.38 bits per heavy atom. The second-order valence-electron chi connectivity index (χ2n) is 7.39. The lowest BCUT2D eigenvalue weighted by atomic mass is 9.84. The fourth-order valence-corrected chi connectivity index (χ4v) is 7.63. The highest BCUT2D eigenvalue weighted by Crippen LogP contribution is 2.68. The summed E-state index contributed by atoms with van der Waals surface area (Å²) in [6, 6.07) is 10.2. The fourth-order valence-electron chi connectivity index (χ4n) is 4.22. The minimum Gasteiger partial charge on any atom is -0.375 e. The van der Waals surface area contributed by atoms with Crippen LogP contribution in [-0.2, 0) is 4.93 Å². The average molecular weight is 346 g/mol. The van der Waals surface area contributed by atoms with E-state index < -0.39 is 15.1 Å². The minimum absolute atomic E-state index is 0.119. The SMILES string of the molecule is CNS1(C(O)(c2ccccc2)C(C)C)C=CC(C2CCCCC2)=C1. The lowest BCUT2D eigenvalue weighted by Crippen LogP contribution is -2.40. The lowest BCUT2D eigenvalue weighted by molar-refractivity contribution is 0.0820. The van der Waals surface area contributed by atoms with Gasteiger partial charge in [0.1, 0.15) is 4.93 Å². The molecule has 2 nitrogen and oxygen atoms in total. The molecular formula is C21H31NOS. The van der Waals surface area contributed by atoms with Crippen LogP contribution in [0.5, 0.6) is 0 Å².